The fraction of sp³-hybridized carbons (Fsp3) is 0.143. The lowest BCUT2D eigenvalue weighted by Gasteiger charge is -2.20. The van der Waals surface area contributed by atoms with Gasteiger partial charge >= 0.3 is 0 Å². The number of hydrogen-bond acceptors (Lipinski definition) is 2. The molecule has 0 bridgehead atoms. The van der Waals surface area contributed by atoms with E-state index in [2.05, 4.69) is 4.99 Å². The third-order valence-electron chi connectivity index (χ3n) is 3.13. The Bertz CT molecular complexity index is 661. The van der Waals surface area contributed by atoms with E-state index in [9.17, 15) is 14.3 Å². The van der Waals surface area contributed by atoms with Crippen molar-refractivity contribution >= 4 is 23.2 Å². The number of carbonyl (C=O) groups is 1. The summed E-state index contributed by atoms with van der Waals surface area (Å²) in [6.45, 7) is 0. The minimum absolute atomic E-state index is 0.236. The second-order valence-corrected chi connectivity index (χ2v) is 5.06. The van der Waals surface area contributed by atoms with Crippen LogP contribution in [0.2, 0.25) is 0 Å². The highest BCUT2D eigenvalue weighted by molar-refractivity contribution is 6.30. The van der Waals surface area contributed by atoms with Gasteiger partial charge in [-0.3, -0.25) is 4.79 Å². The largest absolute Gasteiger partial charge is 0.368 e. The Morgan fingerprint density at radius 1 is 1.37 bits per heavy atom. The molecule has 0 radical (unpaired) electrons. The van der Waals surface area contributed by atoms with Crippen LogP contribution in [0.3, 0.4) is 0 Å². The zero-order chi connectivity index (χ0) is 13.6. The van der Waals surface area contributed by atoms with Crippen LogP contribution >= 0.6 is 11.6 Å². The molecular formula is C14H9ClFNO2. The molecule has 1 amide bonds. The molecule has 3 rings (SSSR count). The van der Waals surface area contributed by atoms with Crippen LogP contribution in [0.15, 0.2) is 53.1 Å². The van der Waals surface area contributed by atoms with Crippen molar-refractivity contribution < 1.29 is 14.3 Å². The highest BCUT2D eigenvalue weighted by atomic mass is 35.5. The molecule has 5 heteroatoms. The van der Waals surface area contributed by atoms with E-state index in [-0.39, 0.29) is 5.56 Å². The number of nitrogens with zero attached hydrogens (tertiary/aromatic N) is 1. The number of allylic oxidation sites excluding steroid dienone is 1. The van der Waals surface area contributed by atoms with E-state index in [1.54, 1.807) is 12.1 Å². The topological polar surface area (TPSA) is 49.7 Å². The van der Waals surface area contributed by atoms with Gasteiger partial charge in [0.25, 0.3) is 5.91 Å². The summed E-state index contributed by atoms with van der Waals surface area (Å²) in [5.74, 6) is -1.78. The maximum Gasteiger partial charge on any atom is 0.258 e. The van der Waals surface area contributed by atoms with E-state index >= 15 is 0 Å². The van der Waals surface area contributed by atoms with E-state index in [1.165, 1.54) is 30.4 Å². The summed E-state index contributed by atoms with van der Waals surface area (Å²) in [4.78, 5) is 15.8. The first-order valence-electron chi connectivity index (χ1n) is 5.68. The van der Waals surface area contributed by atoms with Gasteiger partial charge < -0.3 is 5.11 Å². The van der Waals surface area contributed by atoms with Gasteiger partial charge in [-0.2, -0.15) is 0 Å². The van der Waals surface area contributed by atoms with Gasteiger partial charge in [-0.1, -0.05) is 29.8 Å². The van der Waals surface area contributed by atoms with Gasteiger partial charge in [0.05, 0.1) is 11.6 Å². The van der Waals surface area contributed by atoms with Crippen LogP contribution in [-0.4, -0.2) is 21.8 Å². The first-order chi connectivity index (χ1) is 8.98. The second-order valence-electron chi connectivity index (χ2n) is 4.45. The van der Waals surface area contributed by atoms with Crippen molar-refractivity contribution in [3.8, 4) is 0 Å². The summed E-state index contributed by atoms with van der Waals surface area (Å²) in [7, 11) is 0. The quantitative estimate of drug-likeness (QED) is 0.801. The lowest BCUT2D eigenvalue weighted by molar-refractivity contribution is -0.117. The summed E-state index contributed by atoms with van der Waals surface area (Å²) in [6.07, 6.45) is 4.13. The van der Waals surface area contributed by atoms with Crippen LogP contribution in [0.1, 0.15) is 11.5 Å². The van der Waals surface area contributed by atoms with Gasteiger partial charge in [0.1, 0.15) is 5.82 Å². The lowest BCUT2D eigenvalue weighted by Crippen LogP contribution is -2.22. The number of halogens is 2. The molecular weight excluding hydrogens is 269 g/mol. The zero-order valence-corrected chi connectivity index (χ0v) is 10.4. The van der Waals surface area contributed by atoms with E-state index in [4.69, 9.17) is 11.6 Å². The first-order valence-corrected chi connectivity index (χ1v) is 6.06. The van der Waals surface area contributed by atoms with E-state index < -0.39 is 22.7 Å². The SMILES string of the molecule is O=C1N=C2C=CC(O)(Cl)C=C2C1c1ccccc1F. The van der Waals surface area contributed by atoms with Crippen LogP contribution < -0.4 is 0 Å². The molecule has 1 aromatic carbocycles. The number of rotatable bonds is 1. The van der Waals surface area contributed by atoms with E-state index in [0.29, 0.717) is 11.3 Å². The van der Waals surface area contributed by atoms with Crippen LogP contribution in [0.4, 0.5) is 4.39 Å². The van der Waals surface area contributed by atoms with Gasteiger partial charge in [0, 0.05) is 5.56 Å². The average molecular weight is 278 g/mol. The highest BCUT2D eigenvalue weighted by Gasteiger charge is 2.38. The van der Waals surface area contributed by atoms with Crippen LogP contribution in [0.25, 0.3) is 0 Å². The lowest BCUT2D eigenvalue weighted by atomic mass is 9.87. The van der Waals surface area contributed by atoms with Crippen LogP contribution in [0, 0.1) is 5.82 Å². The summed E-state index contributed by atoms with van der Waals surface area (Å²) >= 11 is 5.81. The Labute approximate surface area is 113 Å². The molecule has 0 saturated heterocycles. The molecule has 1 N–H and O–H groups in total. The second kappa shape index (κ2) is 4.11. The van der Waals surface area contributed by atoms with Crippen molar-refractivity contribution in [3.63, 3.8) is 0 Å². The summed E-state index contributed by atoms with van der Waals surface area (Å²) in [5, 5.41) is 8.12. The van der Waals surface area contributed by atoms with Gasteiger partial charge in [0.2, 0.25) is 0 Å². The number of aliphatic imine (C=N–C) groups is 1. The minimum atomic E-state index is -1.66. The molecule has 0 spiro atoms. The molecule has 1 aromatic rings. The molecule has 3 nitrogen and oxygen atoms in total. The van der Waals surface area contributed by atoms with Crippen molar-refractivity contribution in [2.45, 2.75) is 11.0 Å². The maximum absolute atomic E-state index is 13.8. The number of carbonyl (C=O) groups excluding carboxylic acids is 1. The van der Waals surface area contributed by atoms with E-state index in [1.807, 2.05) is 0 Å². The summed E-state index contributed by atoms with van der Waals surface area (Å²) in [6, 6.07) is 6.01. The Hall–Kier alpha value is -1.78. The smallest absolute Gasteiger partial charge is 0.258 e. The molecule has 0 fully saturated rings. The predicted molar refractivity (Wildman–Crippen MR) is 69.6 cm³/mol. The Morgan fingerprint density at radius 2 is 2.11 bits per heavy atom. The van der Waals surface area contributed by atoms with Crippen molar-refractivity contribution in [1.82, 2.24) is 0 Å². The average Bonchev–Trinajstić information content (AvgIpc) is 2.64. The third kappa shape index (κ3) is 2.03. The molecule has 2 aliphatic rings. The monoisotopic (exact) mass is 277 g/mol. The van der Waals surface area contributed by atoms with Gasteiger partial charge in [-0.05, 0) is 29.9 Å². The molecule has 1 heterocycles. The van der Waals surface area contributed by atoms with Gasteiger partial charge in [-0.15, -0.1) is 0 Å². The normalized spacial score (nSPS) is 29.0. The fourth-order valence-corrected chi connectivity index (χ4v) is 2.47. The standard InChI is InChI=1S/C14H9ClFNO2/c15-14(19)6-5-11-9(7-14)12(13(18)17-11)8-3-1-2-4-10(8)16/h1-7,12,19H. The van der Waals surface area contributed by atoms with E-state index in [0.717, 1.165) is 0 Å². The third-order valence-corrected chi connectivity index (χ3v) is 3.37. The zero-order valence-electron chi connectivity index (χ0n) is 9.68. The molecule has 1 aliphatic carbocycles. The van der Waals surface area contributed by atoms with Crippen molar-refractivity contribution in [2.24, 2.45) is 4.99 Å². The summed E-state index contributed by atoms with van der Waals surface area (Å²) < 4.78 is 13.8. The molecule has 2 unspecified atom stereocenters. The molecule has 1 aliphatic heterocycles. The molecule has 19 heavy (non-hydrogen) atoms. The Kier molecular flexibility index (Phi) is 2.66. The number of amides is 1. The highest BCUT2D eigenvalue weighted by Crippen LogP contribution is 2.38. The molecule has 0 saturated carbocycles. The molecule has 0 aromatic heterocycles. The number of hydrogen-bond donors (Lipinski definition) is 1. The minimum Gasteiger partial charge on any atom is -0.368 e. The van der Waals surface area contributed by atoms with Crippen molar-refractivity contribution in [1.29, 1.82) is 0 Å². The number of aliphatic hydroxyl groups is 1. The van der Waals surface area contributed by atoms with Gasteiger partial charge in [0.15, 0.2) is 5.06 Å². The molecule has 96 valence electrons. The summed E-state index contributed by atoms with van der Waals surface area (Å²) in [5.41, 5.74) is 1.10. The number of fused-ring (bicyclic) bond motifs is 1. The maximum atomic E-state index is 13.8. The first kappa shape index (κ1) is 12.3. The van der Waals surface area contributed by atoms with Gasteiger partial charge in [-0.25, -0.2) is 9.38 Å². The fourth-order valence-electron chi connectivity index (χ4n) is 2.29. The number of alkyl halides is 1. The van der Waals surface area contributed by atoms with Crippen molar-refractivity contribution in [3.05, 3.63) is 59.4 Å². The predicted octanol–water partition coefficient (Wildman–Crippen LogP) is 2.31. The van der Waals surface area contributed by atoms with Crippen molar-refractivity contribution in [2.75, 3.05) is 0 Å². The van der Waals surface area contributed by atoms with Crippen LogP contribution in [0.5, 0.6) is 0 Å². The number of benzene rings is 1. The Balaban J connectivity index is 2.12. The Morgan fingerprint density at radius 3 is 2.84 bits per heavy atom. The molecule has 2 atom stereocenters. The van der Waals surface area contributed by atoms with Crippen LogP contribution in [-0.2, 0) is 4.79 Å².